The van der Waals surface area contributed by atoms with Crippen LogP contribution in [-0.4, -0.2) is 48.3 Å². The average Bonchev–Trinajstić information content (AvgIpc) is 3.09. The second kappa shape index (κ2) is 8.01. The van der Waals surface area contributed by atoms with E-state index in [4.69, 9.17) is 25.8 Å². The van der Waals surface area contributed by atoms with E-state index in [0.717, 1.165) is 15.8 Å². The highest BCUT2D eigenvalue weighted by Crippen LogP contribution is 2.38. The first-order chi connectivity index (χ1) is 12.6. The molecule has 6 nitrogen and oxygen atoms in total. The quantitative estimate of drug-likeness (QED) is 0.558. The summed E-state index contributed by atoms with van der Waals surface area (Å²) in [6.45, 7) is -0.792. The predicted octanol–water partition coefficient (Wildman–Crippen LogP) is 4.16. The third-order valence-corrected chi connectivity index (χ3v) is 4.93. The first-order valence-electron chi connectivity index (χ1n) is 7.67. The van der Waals surface area contributed by atoms with Crippen LogP contribution < -0.4 is 14.2 Å². The first kappa shape index (κ1) is 18.6. The van der Waals surface area contributed by atoms with Crippen molar-refractivity contribution in [3.05, 3.63) is 29.4 Å². The maximum atomic E-state index is 12.5. The zero-order valence-electron chi connectivity index (χ0n) is 14.5. The van der Waals surface area contributed by atoms with E-state index in [2.05, 4.69) is 9.97 Å². The number of thioether (sulfide) groups is 1. The molecule has 0 amide bonds. The Hall–Kier alpha value is -2.19. The fourth-order valence-electron chi connectivity index (χ4n) is 2.58. The summed E-state index contributed by atoms with van der Waals surface area (Å²) < 4.78 is 30.2. The summed E-state index contributed by atoms with van der Waals surface area (Å²) in [5.74, 6) is 0.819. The number of ether oxygens (including phenoxy) is 3. The van der Waals surface area contributed by atoms with Crippen molar-refractivity contribution in [2.45, 2.75) is 4.90 Å². The van der Waals surface area contributed by atoms with Crippen LogP contribution >= 0.6 is 23.4 Å². The van der Waals surface area contributed by atoms with Crippen LogP contribution in [0.1, 0.15) is 0 Å². The summed E-state index contributed by atoms with van der Waals surface area (Å²) >= 11 is 7.87. The number of benzene rings is 1. The number of nitrogens with zero attached hydrogens (tertiary/aromatic N) is 3. The van der Waals surface area contributed by atoms with Crippen LogP contribution in [-0.2, 0) is 0 Å². The minimum atomic E-state index is -0.647. The van der Waals surface area contributed by atoms with Crippen LogP contribution in [0.4, 0.5) is 4.39 Å². The maximum absolute atomic E-state index is 12.5. The van der Waals surface area contributed by atoms with Crippen molar-refractivity contribution in [3.63, 3.8) is 0 Å². The van der Waals surface area contributed by atoms with E-state index in [1.54, 1.807) is 4.57 Å². The van der Waals surface area contributed by atoms with Crippen molar-refractivity contribution in [3.8, 4) is 23.5 Å². The molecule has 26 heavy (non-hydrogen) atoms. The number of aromatic nitrogens is 3. The molecule has 9 heteroatoms. The lowest BCUT2D eigenvalue weighted by atomic mass is 10.2. The Bertz CT molecular complexity index is 910. The van der Waals surface area contributed by atoms with E-state index >= 15 is 0 Å². The fraction of sp³-hybridized carbons (Fsp3) is 0.294. The maximum Gasteiger partial charge on any atom is 0.265 e. The molecule has 0 aliphatic rings. The molecule has 0 radical (unpaired) electrons. The lowest BCUT2D eigenvalue weighted by Crippen LogP contribution is -2.09. The van der Waals surface area contributed by atoms with E-state index in [1.807, 2.05) is 30.7 Å². The van der Waals surface area contributed by atoms with E-state index < -0.39 is 6.67 Å². The molecule has 0 unspecified atom stereocenters. The SMILES string of the molecule is COc1nc(-n2ccc3ccc(Cl)c(SC)c32)nc(OC)c1OCCF. The minimum absolute atomic E-state index is 0.145. The van der Waals surface area contributed by atoms with Crippen molar-refractivity contribution in [2.75, 3.05) is 33.8 Å². The Morgan fingerprint density at radius 3 is 2.42 bits per heavy atom. The fourth-order valence-corrected chi connectivity index (χ4v) is 3.64. The Labute approximate surface area is 159 Å². The van der Waals surface area contributed by atoms with Gasteiger partial charge in [0.1, 0.15) is 13.3 Å². The highest BCUT2D eigenvalue weighted by molar-refractivity contribution is 7.99. The lowest BCUT2D eigenvalue weighted by molar-refractivity contribution is 0.240. The molecule has 3 rings (SSSR count). The van der Waals surface area contributed by atoms with Crippen molar-refractivity contribution in [2.24, 2.45) is 0 Å². The summed E-state index contributed by atoms with van der Waals surface area (Å²) in [4.78, 5) is 9.71. The number of hydrogen-bond acceptors (Lipinski definition) is 6. The molecule has 3 aromatic rings. The summed E-state index contributed by atoms with van der Waals surface area (Å²) in [6.07, 6.45) is 3.80. The van der Waals surface area contributed by atoms with Gasteiger partial charge in [0.2, 0.25) is 11.7 Å². The molecule has 1 aromatic carbocycles. The monoisotopic (exact) mass is 397 g/mol. The van der Waals surface area contributed by atoms with Gasteiger partial charge in [0.25, 0.3) is 11.8 Å². The zero-order valence-corrected chi connectivity index (χ0v) is 16.0. The molecule has 0 bridgehead atoms. The Morgan fingerprint density at radius 2 is 1.85 bits per heavy atom. The summed E-state index contributed by atoms with van der Waals surface area (Å²) in [5, 5.41) is 1.64. The molecule has 0 spiro atoms. The number of halogens is 2. The molecule has 0 aliphatic carbocycles. The van der Waals surface area contributed by atoms with Gasteiger partial charge in [0.05, 0.1) is 29.7 Å². The minimum Gasteiger partial charge on any atom is -0.481 e. The number of methoxy groups -OCH3 is 2. The van der Waals surface area contributed by atoms with Crippen molar-refractivity contribution in [1.82, 2.24) is 14.5 Å². The summed E-state index contributed by atoms with van der Waals surface area (Å²) in [7, 11) is 2.90. The number of rotatable bonds is 7. The third-order valence-electron chi connectivity index (χ3n) is 3.68. The Morgan fingerprint density at radius 1 is 1.15 bits per heavy atom. The molecule has 0 saturated carbocycles. The zero-order chi connectivity index (χ0) is 18.7. The van der Waals surface area contributed by atoms with E-state index in [0.29, 0.717) is 11.0 Å². The van der Waals surface area contributed by atoms with E-state index in [9.17, 15) is 4.39 Å². The second-order valence-corrected chi connectivity index (χ2v) is 6.34. The molecular formula is C17H17ClFN3O3S. The van der Waals surface area contributed by atoms with Gasteiger partial charge in [0.15, 0.2) is 0 Å². The average molecular weight is 398 g/mol. The molecule has 2 aromatic heterocycles. The Kier molecular flexibility index (Phi) is 5.73. The Balaban J connectivity index is 2.21. The van der Waals surface area contributed by atoms with Crippen LogP contribution in [0.25, 0.3) is 16.9 Å². The number of alkyl halides is 1. The summed E-state index contributed by atoms with van der Waals surface area (Å²) in [5.41, 5.74) is 0.881. The summed E-state index contributed by atoms with van der Waals surface area (Å²) in [6, 6.07) is 5.73. The molecule has 0 fully saturated rings. The van der Waals surface area contributed by atoms with E-state index in [-0.39, 0.29) is 24.1 Å². The van der Waals surface area contributed by atoms with Crippen molar-refractivity contribution >= 4 is 34.3 Å². The largest absolute Gasteiger partial charge is 0.481 e. The molecular weight excluding hydrogens is 381 g/mol. The van der Waals surface area contributed by atoms with Crippen LogP contribution in [0.15, 0.2) is 29.3 Å². The van der Waals surface area contributed by atoms with Gasteiger partial charge in [0, 0.05) is 11.6 Å². The van der Waals surface area contributed by atoms with Gasteiger partial charge in [-0.2, -0.15) is 9.97 Å². The second-order valence-electron chi connectivity index (χ2n) is 5.11. The van der Waals surface area contributed by atoms with Crippen LogP contribution in [0, 0.1) is 0 Å². The van der Waals surface area contributed by atoms with Crippen LogP contribution in [0.2, 0.25) is 5.02 Å². The molecule has 0 N–H and O–H groups in total. The number of hydrogen-bond donors (Lipinski definition) is 0. The molecule has 0 aliphatic heterocycles. The topological polar surface area (TPSA) is 58.4 Å². The molecule has 0 atom stereocenters. The van der Waals surface area contributed by atoms with E-state index in [1.165, 1.54) is 26.0 Å². The van der Waals surface area contributed by atoms with Crippen LogP contribution in [0.5, 0.6) is 17.5 Å². The molecule has 2 heterocycles. The normalized spacial score (nSPS) is 11.0. The standard InChI is InChI=1S/C17H17ClFN3O3S/c1-23-15-13(25-9-7-19)16(24-2)21-17(20-15)22-8-6-10-4-5-11(18)14(26-3)12(10)22/h4-6,8H,7,9H2,1-3H3. The van der Waals surface area contributed by atoms with Gasteiger partial charge in [-0.25, -0.2) is 4.39 Å². The van der Waals surface area contributed by atoms with Gasteiger partial charge < -0.3 is 14.2 Å². The van der Waals surface area contributed by atoms with Gasteiger partial charge in [-0.15, -0.1) is 11.8 Å². The third kappa shape index (κ3) is 3.26. The lowest BCUT2D eigenvalue weighted by Gasteiger charge is -2.14. The number of fused-ring (bicyclic) bond motifs is 1. The molecule has 138 valence electrons. The highest BCUT2D eigenvalue weighted by Gasteiger charge is 2.20. The van der Waals surface area contributed by atoms with Crippen molar-refractivity contribution in [1.29, 1.82) is 0 Å². The first-order valence-corrected chi connectivity index (χ1v) is 9.27. The van der Waals surface area contributed by atoms with Gasteiger partial charge in [-0.1, -0.05) is 17.7 Å². The smallest absolute Gasteiger partial charge is 0.265 e. The van der Waals surface area contributed by atoms with Crippen LogP contribution in [0.3, 0.4) is 0 Å². The molecule has 0 saturated heterocycles. The van der Waals surface area contributed by atoms with Crippen molar-refractivity contribution < 1.29 is 18.6 Å². The van der Waals surface area contributed by atoms with Gasteiger partial charge in [-0.05, 0) is 18.4 Å². The van der Waals surface area contributed by atoms with Gasteiger partial charge in [-0.3, -0.25) is 4.57 Å². The predicted molar refractivity (Wildman–Crippen MR) is 100 cm³/mol. The highest BCUT2D eigenvalue weighted by atomic mass is 35.5. The van der Waals surface area contributed by atoms with Gasteiger partial charge >= 0.3 is 0 Å².